The first kappa shape index (κ1) is 22.2. The van der Waals surface area contributed by atoms with E-state index in [1.54, 1.807) is 36.1 Å². The molecular weight excluding hydrogens is 427 g/mol. The van der Waals surface area contributed by atoms with Crippen molar-refractivity contribution in [3.05, 3.63) is 101 Å². The molecule has 0 radical (unpaired) electrons. The second-order valence-corrected chi connectivity index (χ2v) is 9.82. The van der Waals surface area contributed by atoms with Gasteiger partial charge in [-0.05, 0) is 60.7 Å². The number of carbonyl (C=O) groups is 1. The number of rotatable bonds is 8. The van der Waals surface area contributed by atoms with Crippen LogP contribution in [0, 0.1) is 12.7 Å². The summed E-state index contributed by atoms with van der Waals surface area (Å²) in [6, 6.07) is 20.2. The van der Waals surface area contributed by atoms with Gasteiger partial charge in [-0.15, -0.1) is 0 Å². The van der Waals surface area contributed by atoms with E-state index >= 15 is 0 Å². The van der Waals surface area contributed by atoms with Crippen LogP contribution in [0.3, 0.4) is 0 Å². The first-order chi connectivity index (χ1) is 15.3. The molecule has 1 saturated carbocycles. The largest absolute Gasteiger partial charge is 0.331 e. The minimum Gasteiger partial charge on any atom is -0.331 e. The van der Waals surface area contributed by atoms with Gasteiger partial charge in [0.05, 0.1) is 4.90 Å². The molecule has 1 amide bonds. The summed E-state index contributed by atoms with van der Waals surface area (Å²) in [7, 11) is -3.80. The average Bonchev–Trinajstić information content (AvgIpc) is 3.63. The fourth-order valence-corrected chi connectivity index (χ4v) is 4.87. The lowest BCUT2D eigenvalue weighted by atomic mass is 10.1. The van der Waals surface area contributed by atoms with Crippen LogP contribution in [0.1, 0.15) is 39.9 Å². The van der Waals surface area contributed by atoms with Crippen molar-refractivity contribution in [1.82, 2.24) is 9.62 Å². The van der Waals surface area contributed by atoms with E-state index < -0.39 is 10.0 Å². The van der Waals surface area contributed by atoms with E-state index in [0.29, 0.717) is 17.7 Å². The maximum Gasteiger partial charge on any atom is 0.254 e. The Bertz CT molecular complexity index is 1210. The molecule has 166 valence electrons. The lowest BCUT2D eigenvalue weighted by Crippen LogP contribution is -2.33. The van der Waals surface area contributed by atoms with Gasteiger partial charge in [0.1, 0.15) is 5.82 Å². The lowest BCUT2D eigenvalue weighted by molar-refractivity contribution is 0.0729. The monoisotopic (exact) mass is 452 g/mol. The van der Waals surface area contributed by atoms with Crippen molar-refractivity contribution < 1.29 is 17.6 Å². The molecule has 3 aromatic carbocycles. The highest BCUT2D eigenvalue weighted by molar-refractivity contribution is 7.89. The van der Waals surface area contributed by atoms with E-state index in [-0.39, 0.29) is 29.2 Å². The van der Waals surface area contributed by atoms with Crippen LogP contribution in [0.5, 0.6) is 0 Å². The predicted octanol–water partition coefficient (Wildman–Crippen LogP) is 4.42. The van der Waals surface area contributed by atoms with Gasteiger partial charge in [0.15, 0.2) is 0 Å². The number of hydrogen-bond donors (Lipinski definition) is 1. The normalized spacial score (nSPS) is 13.7. The lowest BCUT2D eigenvalue weighted by Gasteiger charge is -2.23. The molecule has 32 heavy (non-hydrogen) atoms. The zero-order valence-corrected chi connectivity index (χ0v) is 18.6. The van der Waals surface area contributed by atoms with Crippen LogP contribution >= 0.6 is 0 Å². The Hall–Kier alpha value is -3.03. The Morgan fingerprint density at radius 1 is 1.00 bits per heavy atom. The van der Waals surface area contributed by atoms with Gasteiger partial charge in [-0.25, -0.2) is 17.5 Å². The minimum atomic E-state index is -3.80. The van der Waals surface area contributed by atoms with Gasteiger partial charge in [-0.3, -0.25) is 4.79 Å². The topological polar surface area (TPSA) is 66.5 Å². The molecule has 0 heterocycles. The van der Waals surface area contributed by atoms with Gasteiger partial charge in [0.2, 0.25) is 10.0 Å². The molecule has 1 N–H and O–H groups in total. The third-order valence-corrected chi connectivity index (χ3v) is 7.09. The van der Waals surface area contributed by atoms with Crippen molar-refractivity contribution in [2.45, 2.75) is 43.8 Å². The smallest absolute Gasteiger partial charge is 0.254 e. The van der Waals surface area contributed by atoms with Gasteiger partial charge >= 0.3 is 0 Å². The van der Waals surface area contributed by atoms with Crippen molar-refractivity contribution >= 4 is 15.9 Å². The number of sulfonamides is 1. The number of aryl methyl sites for hydroxylation is 1. The van der Waals surface area contributed by atoms with E-state index in [1.807, 2.05) is 30.3 Å². The molecule has 0 aromatic heterocycles. The third-order valence-electron chi connectivity index (χ3n) is 5.55. The Balaban J connectivity index is 1.56. The van der Waals surface area contributed by atoms with Crippen molar-refractivity contribution in [2.75, 3.05) is 0 Å². The molecule has 3 aromatic rings. The highest BCUT2D eigenvalue weighted by Crippen LogP contribution is 2.30. The van der Waals surface area contributed by atoms with E-state index in [0.717, 1.165) is 24.0 Å². The summed E-state index contributed by atoms with van der Waals surface area (Å²) in [5, 5.41) is 0. The SMILES string of the molecule is Cc1ccc(C(=O)N(Cc2ccc(F)cc2)C2CC2)cc1S(=O)(=O)NCc1ccccc1. The molecule has 0 atom stereocenters. The molecule has 1 fully saturated rings. The first-order valence-electron chi connectivity index (χ1n) is 10.5. The maximum atomic E-state index is 13.3. The molecule has 7 heteroatoms. The van der Waals surface area contributed by atoms with Crippen LogP contribution in [0.15, 0.2) is 77.7 Å². The second kappa shape index (κ2) is 9.22. The van der Waals surface area contributed by atoms with Crippen LogP contribution in [0.2, 0.25) is 0 Å². The predicted molar refractivity (Wildman–Crippen MR) is 121 cm³/mol. The first-order valence-corrected chi connectivity index (χ1v) is 12.0. The van der Waals surface area contributed by atoms with Crippen molar-refractivity contribution in [1.29, 1.82) is 0 Å². The van der Waals surface area contributed by atoms with Crippen molar-refractivity contribution in [3.63, 3.8) is 0 Å². The zero-order valence-electron chi connectivity index (χ0n) is 17.8. The Morgan fingerprint density at radius 3 is 2.34 bits per heavy atom. The molecule has 0 bridgehead atoms. The van der Waals surface area contributed by atoms with Crippen LogP contribution in [-0.2, 0) is 23.1 Å². The Morgan fingerprint density at radius 2 is 1.69 bits per heavy atom. The van der Waals surface area contributed by atoms with Gasteiger partial charge in [-0.2, -0.15) is 0 Å². The number of hydrogen-bond acceptors (Lipinski definition) is 3. The third kappa shape index (κ3) is 5.23. The van der Waals surface area contributed by atoms with Crippen LogP contribution in [0.4, 0.5) is 4.39 Å². The Kier molecular flexibility index (Phi) is 6.39. The Labute approximate surface area is 187 Å². The summed E-state index contributed by atoms with van der Waals surface area (Å²) in [6.45, 7) is 2.23. The molecule has 0 unspecified atom stereocenters. The minimum absolute atomic E-state index is 0.0943. The molecular formula is C25H25FN2O3S. The van der Waals surface area contributed by atoms with E-state index in [4.69, 9.17) is 0 Å². The fraction of sp³-hybridized carbons (Fsp3) is 0.240. The summed E-state index contributed by atoms with van der Waals surface area (Å²) in [5.41, 5.74) is 2.57. The van der Waals surface area contributed by atoms with Gasteiger partial charge in [0.25, 0.3) is 5.91 Å². The zero-order chi connectivity index (χ0) is 22.7. The molecule has 0 aliphatic heterocycles. The quantitative estimate of drug-likeness (QED) is 0.550. The van der Waals surface area contributed by atoms with Crippen molar-refractivity contribution in [3.8, 4) is 0 Å². The highest BCUT2D eigenvalue weighted by Gasteiger charge is 2.33. The van der Waals surface area contributed by atoms with E-state index in [1.165, 1.54) is 18.2 Å². The number of amides is 1. The number of halogens is 1. The second-order valence-electron chi connectivity index (χ2n) is 8.08. The summed E-state index contributed by atoms with van der Waals surface area (Å²) < 4.78 is 41.8. The number of nitrogens with one attached hydrogen (secondary N) is 1. The van der Waals surface area contributed by atoms with E-state index in [2.05, 4.69) is 4.72 Å². The number of carbonyl (C=O) groups excluding carboxylic acids is 1. The summed E-state index contributed by atoms with van der Waals surface area (Å²) in [4.78, 5) is 15.1. The summed E-state index contributed by atoms with van der Waals surface area (Å²) >= 11 is 0. The van der Waals surface area contributed by atoms with Crippen LogP contribution < -0.4 is 4.72 Å². The molecule has 5 nitrogen and oxygen atoms in total. The molecule has 0 saturated heterocycles. The van der Waals surface area contributed by atoms with Crippen LogP contribution in [0.25, 0.3) is 0 Å². The molecule has 1 aliphatic rings. The van der Waals surface area contributed by atoms with E-state index in [9.17, 15) is 17.6 Å². The number of benzene rings is 3. The fourth-order valence-electron chi connectivity index (χ4n) is 3.58. The molecule has 0 spiro atoms. The van der Waals surface area contributed by atoms with Gasteiger partial charge in [-0.1, -0.05) is 48.5 Å². The number of nitrogens with zero attached hydrogens (tertiary/aromatic N) is 1. The highest BCUT2D eigenvalue weighted by atomic mass is 32.2. The van der Waals surface area contributed by atoms with Gasteiger partial charge < -0.3 is 4.90 Å². The average molecular weight is 453 g/mol. The maximum absolute atomic E-state index is 13.3. The van der Waals surface area contributed by atoms with Gasteiger partial charge in [0, 0.05) is 24.7 Å². The summed E-state index contributed by atoms with van der Waals surface area (Å²) in [5.74, 6) is -0.550. The molecule has 1 aliphatic carbocycles. The van der Waals surface area contributed by atoms with Crippen molar-refractivity contribution in [2.24, 2.45) is 0 Å². The standard InChI is InChI=1S/C25H25FN2O3S/c1-18-7-10-21(15-24(18)32(30,31)27-16-19-5-3-2-4-6-19)25(29)28(23-13-14-23)17-20-8-11-22(26)12-9-20/h2-12,15,23,27H,13-14,16-17H2,1H3. The van der Waals surface area contributed by atoms with Crippen LogP contribution in [-0.4, -0.2) is 25.3 Å². The molecule has 4 rings (SSSR count). The summed E-state index contributed by atoms with van der Waals surface area (Å²) in [6.07, 6.45) is 1.81.